The van der Waals surface area contributed by atoms with Crippen LogP contribution in [0.3, 0.4) is 0 Å². The normalized spacial score (nSPS) is 19.5. The van der Waals surface area contributed by atoms with Gasteiger partial charge in [0.05, 0.1) is 17.5 Å². The predicted molar refractivity (Wildman–Crippen MR) is 76.7 cm³/mol. The van der Waals surface area contributed by atoms with Crippen LogP contribution in [0.2, 0.25) is 0 Å². The topological polar surface area (TPSA) is 83.9 Å². The second-order valence-electron chi connectivity index (χ2n) is 5.18. The Kier molecular flexibility index (Phi) is 4.84. The molecule has 21 heavy (non-hydrogen) atoms. The summed E-state index contributed by atoms with van der Waals surface area (Å²) in [7, 11) is -3.85. The predicted octanol–water partition coefficient (Wildman–Crippen LogP) is 2.23. The third kappa shape index (κ3) is 3.95. The van der Waals surface area contributed by atoms with E-state index in [1.807, 2.05) is 6.92 Å². The van der Waals surface area contributed by atoms with Crippen LogP contribution in [0.15, 0.2) is 29.2 Å². The van der Waals surface area contributed by atoms with Gasteiger partial charge in [0.1, 0.15) is 0 Å². The number of carbonyl (C=O) groups is 1. The highest BCUT2D eigenvalue weighted by atomic mass is 32.2. The molecular weight excluding hydrogens is 294 g/mol. The number of piperidine rings is 1. The molecule has 1 heterocycles. The molecule has 7 heteroatoms. The fraction of sp³-hybridized carbons (Fsp3) is 0.500. The van der Waals surface area contributed by atoms with Crippen LogP contribution in [0.1, 0.15) is 24.8 Å². The quantitative estimate of drug-likeness (QED) is 0.862. The lowest BCUT2D eigenvalue weighted by atomic mass is 10.0. The summed E-state index contributed by atoms with van der Waals surface area (Å²) in [4.78, 5) is 12.5. The van der Waals surface area contributed by atoms with Crippen molar-refractivity contribution in [1.82, 2.24) is 4.90 Å². The summed E-state index contributed by atoms with van der Waals surface area (Å²) < 4.78 is 29.2. The lowest BCUT2D eigenvalue weighted by Crippen LogP contribution is -2.45. The molecule has 116 valence electrons. The monoisotopic (exact) mass is 313 g/mol. The van der Waals surface area contributed by atoms with Crippen LogP contribution in [0.4, 0.5) is 4.79 Å². The zero-order valence-electron chi connectivity index (χ0n) is 11.9. The van der Waals surface area contributed by atoms with Gasteiger partial charge in [-0.05, 0) is 38.3 Å². The van der Waals surface area contributed by atoms with E-state index in [4.69, 9.17) is 9.29 Å². The molecule has 1 fully saturated rings. The molecule has 2 rings (SSSR count). The molecule has 1 amide bonds. The summed E-state index contributed by atoms with van der Waals surface area (Å²) in [6.45, 7) is 2.15. The number of aryl methyl sites for hydroxylation is 1. The van der Waals surface area contributed by atoms with Crippen molar-refractivity contribution in [3.8, 4) is 0 Å². The highest BCUT2D eigenvalue weighted by Gasteiger charge is 2.28. The van der Waals surface area contributed by atoms with Crippen LogP contribution in [0, 0.1) is 6.92 Å². The third-order valence-electron chi connectivity index (χ3n) is 3.60. The standard InChI is InChI=1S/C14H19NO5S/c1-11-5-7-13(8-6-11)21(18,19)20-10-12-4-2-3-9-15(12)14(16)17/h5-8,12H,2-4,9-10H2,1H3,(H,16,17)/t12-/m1/s1. The molecule has 6 nitrogen and oxygen atoms in total. The van der Waals surface area contributed by atoms with Crippen LogP contribution in [0.5, 0.6) is 0 Å². The van der Waals surface area contributed by atoms with Crippen LogP contribution in [0.25, 0.3) is 0 Å². The van der Waals surface area contributed by atoms with Gasteiger partial charge in [0.25, 0.3) is 10.1 Å². The molecule has 0 unspecified atom stereocenters. The van der Waals surface area contributed by atoms with Gasteiger partial charge < -0.3 is 10.0 Å². The Morgan fingerprint density at radius 1 is 1.33 bits per heavy atom. The largest absolute Gasteiger partial charge is 0.465 e. The number of rotatable bonds is 4. The number of hydrogen-bond acceptors (Lipinski definition) is 4. The second-order valence-corrected chi connectivity index (χ2v) is 6.79. The molecule has 0 radical (unpaired) electrons. The van der Waals surface area contributed by atoms with Crippen LogP contribution in [-0.4, -0.2) is 43.7 Å². The Bertz CT molecular complexity index is 596. The van der Waals surface area contributed by atoms with Crippen molar-refractivity contribution in [1.29, 1.82) is 0 Å². The Morgan fingerprint density at radius 3 is 2.62 bits per heavy atom. The van der Waals surface area contributed by atoms with Gasteiger partial charge in [-0.1, -0.05) is 17.7 Å². The van der Waals surface area contributed by atoms with E-state index in [9.17, 15) is 13.2 Å². The maximum atomic E-state index is 12.1. The van der Waals surface area contributed by atoms with E-state index in [0.717, 1.165) is 18.4 Å². The molecular formula is C14H19NO5S. The molecule has 0 spiro atoms. The number of likely N-dealkylation sites (tertiary alicyclic amines) is 1. The van der Waals surface area contributed by atoms with E-state index >= 15 is 0 Å². The average molecular weight is 313 g/mol. The number of amides is 1. The van der Waals surface area contributed by atoms with Crippen molar-refractivity contribution in [3.05, 3.63) is 29.8 Å². The number of nitrogens with zero attached hydrogens (tertiary/aromatic N) is 1. The maximum Gasteiger partial charge on any atom is 0.407 e. The van der Waals surface area contributed by atoms with Crippen molar-refractivity contribution in [2.24, 2.45) is 0 Å². The molecule has 1 aliphatic rings. The lowest BCUT2D eigenvalue weighted by Gasteiger charge is -2.32. The summed E-state index contributed by atoms with van der Waals surface area (Å²) in [5.41, 5.74) is 0.957. The summed E-state index contributed by atoms with van der Waals surface area (Å²) in [6, 6.07) is 5.96. The Hall–Kier alpha value is -1.60. The van der Waals surface area contributed by atoms with Gasteiger partial charge in [-0.25, -0.2) is 4.79 Å². The van der Waals surface area contributed by atoms with Crippen LogP contribution >= 0.6 is 0 Å². The summed E-state index contributed by atoms with van der Waals surface area (Å²) in [6.07, 6.45) is 1.27. The molecule has 1 aromatic carbocycles. The van der Waals surface area contributed by atoms with Crippen molar-refractivity contribution in [3.63, 3.8) is 0 Å². The summed E-state index contributed by atoms with van der Waals surface area (Å²) in [5, 5.41) is 9.11. The van der Waals surface area contributed by atoms with Crippen molar-refractivity contribution in [2.45, 2.75) is 37.1 Å². The van der Waals surface area contributed by atoms with Gasteiger partial charge >= 0.3 is 6.09 Å². The number of carboxylic acid groups (broad SMARTS) is 1. The first-order valence-corrected chi connectivity index (χ1v) is 8.26. The lowest BCUT2D eigenvalue weighted by molar-refractivity contribution is 0.0849. The fourth-order valence-electron chi connectivity index (χ4n) is 2.37. The number of hydrogen-bond donors (Lipinski definition) is 1. The molecule has 1 saturated heterocycles. The number of benzene rings is 1. The van der Waals surface area contributed by atoms with E-state index < -0.39 is 22.3 Å². The Balaban J connectivity index is 2.03. The first-order chi connectivity index (χ1) is 9.90. The van der Waals surface area contributed by atoms with Crippen LogP contribution in [-0.2, 0) is 14.3 Å². The SMILES string of the molecule is Cc1ccc(S(=O)(=O)OC[C@H]2CCCCN2C(=O)O)cc1. The smallest absolute Gasteiger partial charge is 0.407 e. The van der Waals surface area contributed by atoms with Gasteiger partial charge in [0, 0.05) is 6.54 Å². The minimum absolute atomic E-state index is 0.0887. The second kappa shape index (κ2) is 6.44. The fourth-order valence-corrected chi connectivity index (χ4v) is 3.31. The highest BCUT2D eigenvalue weighted by molar-refractivity contribution is 7.86. The third-order valence-corrected chi connectivity index (χ3v) is 4.89. The maximum absolute atomic E-state index is 12.1. The molecule has 1 aromatic rings. The van der Waals surface area contributed by atoms with Gasteiger partial charge in [-0.3, -0.25) is 4.18 Å². The van der Waals surface area contributed by atoms with E-state index in [0.29, 0.717) is 13.0 Å². The zero-order valence-corrected chi connectivity index (χ0v) is 12.7. The van der Waals surface area contributed by atoms with E-state index in [1.54, 1.807) is 12.1 Å². The molecule has 0 saturated carbocycles. The van der Waals surface area contributed by atoms with Gasteiger partial charge in [0.15, 0.2) is 0 Å². The molecule has 1 aliphatic heterocycles. The van der Waals surface area contributed by atoms with Crippen LogP contribution < -0.4 is 0 Å². The molecule has 0 aliphatic carbocycles. The summed E-state index contributed by atoms with van der Waals surface area (Å²) in [5.74, 6) is 0. The van der Waals surface area contributed by atoms with Gasteiger partial charge in [-0.2, -0.15) is 8.42 Å². The van der Waals surface area contributed by atoms with E-state index in [1.165, 1.54) is 17.0 Å². The van der Waals surface area contributed by atoms with Crippen molar-refractivity contribution >= 4 is 16.2 Å². The van der Waals surface area contributed by atoms with E-state index in [-0.39, 0.29) is 11.5 Å². The van der Waals surface area contributed by atoms with Crippen molar-refractivity contribution in [2.75, 3.05) is 13.2 Å². The van der Waals surface area contributed by atoms with Gasteiger partial charge in [-0.15, -0.1) is 0 Å². The van der Waals surface area contributed by atoms with E-state index in [2.05, 4.69) is 0 Å². The summed E-state index contributed by atoms with van der Waals surface area (Å²) >= 11 is 0. The molecule has 1 atom stereocenters. The molecule has 1 N–H and O–H groups in total. The minimum atomic E-state index is -3.85. The van der Waals surface area contributed by atoms with Crippen molar-refractivity contribution < 1.29 is 22.5 Å². The first kappa shape index (κ1) is 15.8. The Labute approximate surface area is 124 Å². The van der Waals surface area contributed by atoms with Gasteiger partial charge in [0.2, 0.25) is 0 Å². The minimum Gasteiger partial charge on any atom is -0.465 e. The zero-order chi connectivity index (χ0) is 15.5. The first-order valence-electron chi connectivity index (χ1n) is 6.86. The Morgan fingerprint density at radius 2 is 2.00 bits per heavy atom. The molecule has 0 aromatic heterocycles. The molecule has 0 bridgehead atoms. The highest BCUT2D eigenvalue weighted by Crippen LogP contribution is 2.20. The average Bonchev–Trinajstić information content (AvgIpc) is 2.46.